The van der Waals surface area contributed by atoms with Crippen molar-refractivity contribution in [2.24, 2.45) is 0 Å². The van der Waals surface area contributed by atoms with Crippen LogP contribution in [0.3, 0.4) is 0 Å². The van der Waals surface area contributed by atoms with Crippen molar-refractivity contribution in [1.29, 1.82) is 0 Å². The summed E-state index contributed by atoms with van der Waals surface area (Å²) in [6, 6.07) is 6.77. The van der Waals surface area contributed by atoms with Crippen LogP contribution in [0.1, 0.15) is 35.2 Å². The Kier molecular flexibility index (Phi) is 5.12. The Morgan fingerprint density at radius 1 is 1.35 bits per heavy atom. The normalized spacial score (nSPS) is 17.9. The van der Waals surface area contributed by atoms with Crippen LogP contribution in [0.15, 0.2) is 24.3 Å². The molecule has 1 heterocycles. The molecular formula is C15H19NO4. The van der Waals surface area contributed by atoms with Crippen LogP contribution < -0.4 is 5.32 Å². The molecule has 0 spiro atoms. The second-order valence-corrected chi connectivity index (χ2v) is 4.90. The number of ether oxygens (including phenoxy) is 1. The second kappa shape index (κ2) is 7.05. The molecule has 1 saturated heterocycles. The number of amides is 1. The molecule has 0 saturated carbocycles. The largest absolute Gasteiger partial charge is 0.478 e. The quantitative estimate of drug-likeness (QED) is 0.828. The maximum absolute atomic E-state index is 11.7. The zero-order valence-electron chi connectivity index (χ0n) is 11.3. The first-order valence-electron chi connectivity index (χ1n) is 6.86. The highest BCUT2D eigenvalue weighted by molar-refractivity contribution is 5.89. The lowest BCUT2D eigenvalue weighted by Gasteiger charge is -2.11. The Hall–Kier alpha value is -1.88. The first-order chi connectivity index (χ1) is 9.66. The van der Waals surface area contributed by atoms with E-state index in [4.69, 9.17) is 9.84 Å². The third-order valence-corrected chi connectivity index (χ3v) is 3.42. The lowest BCUT2D eigenvalue weighted by molar-refractivity contribution is -0.121. The van der Waals surface area contributed by atoms with Gasteiger partial charge >= 0.3 is 5.97 Å². The monoisotopic (exact) mass is 277 g/mol. The number of aromatic carboxylic acids is 1. The number of hydrogen-bond donors (Lipinski definition) is 2. The van der Waals surface area contributed by atoms with Crippen LogP contribution >= 0.6 is 0 Å². The third-order valence-electron chi connectivity index (χ3n) is 3.42. The SMILES string of the molecule is O=C(CCc1ccccc1C(=O)O)NCC1CCCO1. The highest BCUT2D eigenvalue weighted by Crippen LogP contribution is 2.12. The molecular weight excluding hydrogens is 258 g/mol. The van der Waals surface area contributed by atoms with Crippen LogP contribution in [0.4, 0.5) is 0 Å². The van der Waals surface area contributed by atoms with Gasteiger partial charge in [0.1, 0.15) is 0 Å². The summed E-state index contributed by atoms with van der Waals surface area (Å²) in [5.74, 6) is -1.03. The van der Waals surface area contributed by atoms with Gasteiger partial charge in [0.2, 0.25) is 5.91 Å². The number of carboxylic acids is 1. The van der Waals surface area contributed by atoms with Crippen LogP contribution in [-0.4, -0.2) is 36.2 Å². The lowest BCUT2D eigenvalue weighted by Crippen LogP contribution is -2.31. The Morgan fingerprint density at radius 2 is 2.15 bits per heavy atom. The molecule has 0 bridgehead atoms. The first-order valence-corrected chi connectivity index (χ1v) is 6.86. The van der Waals surface area contributed by atoms with E-state index in [2.05, 4.69) is 5.32 Å². The van der Waals surface area contributed by atoms with Crippen molar-refractivity contribution in [3.05, 3.63) is 35.4 Å². The fourth-order valence-corrected chi connectivity index (χ4v) is 2.32. The van der Waals surface area contributed by atoms with Crippen LogP contribution in [0.5, 0.6) is 0 Å². The number of aryl methyl sites for hydroxylation is 1. The van der Waals surface area contributed by atoms with Gasteiger partial charge in [-0.1, -0.05) is 18.2 Å². The molecule has 2 N–H and O–H groups in total. The minimum atomic E-state index is -0.958. The Labute approximate surface area is 117 Å². The van der Waals surface area contributed by atoms with Crippen molar-refractivity contribution in [1.82, 2.24) is 5.32 Å². The predicted molar refractivity (Wildman–Crippen MR) is 73.7 cm³/mol. The van der Waals surface area contributed by atoms with Crippen molar-refractivity contribution in [3.63, 3.8) is 0 Å². The number of carbonyl (C=O) groups is 2. The predicted octanol–water partition coefficient (Wildman–Crippen LogP) is 1.61. The summed E-state index contributed by atoms with van der Waals surface area (Å²) in [5, 5.41) is 11.9. The van der Waals surface area contributed by atoms with Crippen molar-refractivity contribution in [2.45, 2.75) is 31.8 Å². The van der Waals surface area contributed by atoms with E-state index in [9.17, 15) is 9.59 Å². The molecule has 1 aromatic rings. The van der Waals surface area contributed by atoms with Crippen molar-refractivity contribution in [3.8, 4) is 0 Å². The number of carbonyl (C=O) groups excluding carboxylic acids is 1. The average molecular weight is 277 g/mol. The van der Waals surface area contributed by atoms with E-state index in [1.165, 1.54) is 0 Å². The molecule has 1 amide bonds. The van der Waals surface area contributed by atoms with Crippen molar-refractivity contribution < 1.29 is 19.4 Å². The first kappa shape index (κ1) is 14.5. The number of benzene rings is 1. The molecule has 0 aliphatic carbocycles. The zero-order chi connectivity index (χ0) is 14.4. The molecule has 108 valence electrons. The molecule has 0 radical (unpaired) electrons. The minimum Gasteiger partial charge on any atom is -0.478 e. The van der Waals surface area contributed by atoms with E-state index < -0.39 is 5.97 Å². The average Bonchev–Trinajstić information content (AvgIpc) is 2.96. The molecule has 1 unspecified atom stereocenters. The number of hydrogen-bond acceptors (Lipinski definition) is 3. The van der Waals surface area contributed by atoms with Crippen molar-refractivity contribution in [2.75, 3.05) is 13.2 Å². The van der Waals surface area contributed by atoms with E-state index in [1.807, 2.05) is 0 Å². The van der Waals surface area contributed by atoms with Gasteiger partial charge in [-0.15, -0.1) is 0 Å². The molecule has 1 aliphatic heterocycles. The summed E-state index contributed by atoms with van der Waals surface area (Å²) >= 11 is 0. The van der Waals surface area contributed by atoms with Gasteiger partial charge in [0.25, 0.3) is 0 Å². The van der Waals surface area contributed by atoms with Crippen LogP contribution in [0.25, 0.3) is 0 Å². The van der Waals surface area contributed by atoms with Gasteiger partial charge < -0.3 is 15.2 Å². The van der Waals surface area contributed by atoms with Gasteiger partial charge in [-0.05, 0) is 30.9 Å². The van der Waals surface area contributed by atoms with Gasteiger partial charge in [0, 0.05) is 19.6 Å². The number of carboxylic acid groups (broad SMARTS) is 1. The van der Waals surface area contributed by atoms with E-state index >= 15 is 0 Å². The maximum Gasteiger partial charge on any atom is 0.335 e. The highest BCUT2D eigenvalue weighted by Gasteiger charge is 2.16. The summed E-state index contributed by atoms with van der Waals surface area (Å²) in [7, 11) is 0. The molecule has 5 nitrogen and oxygen atoms in total. The smallest absolute Gasteiger partial charge is 0.335 e. The molecule has 0 aromatic heterocycles. The zero-order valence-corrected chi connectivity index (χ0v) is 11.3. The summed E-state index contributed by atoms with van der Waals surface area (Å²) in [6.45, 7) is 1.31. The summed E-state index contributed by atoms with van der Waals surface area (Å²) < 4.78 is 5.42. The van der Waals surface area contributed by atoms with Gasteiger partial charge in [0.15, 0.2) is 0 Å². The fourth-order valence-electron chi connectivity index (χ4n) is 2.32. The van der Waals surface area contributed by atoms with Gasteiger partial charge in [-0.25, -0.2) is 4.79 Å². The fraction of sp³-hybridized carbons (Fsp3) is 0.467. The topological polar surface area (TPSA) is 75.6 Å². The van der Waals surface area contributed by atoms with Crippen molar-refractivity contribution >= 4 is 11.9 Å². The molecule has 1 atom stereocenters. The molecule has 5 heteroatoms. The minimum absolute atomic E-state index is 0.0688. The van der Waals surface area contributed by atoms with Crippen LogP contribution in [0.2, 0.25) is 0 Å². The van der Waals surface area contributed by atoms with Crippen LogP contribution in [0, 0.1) is 0 Å². The van der Waals surface area contributed by atoms with Gasteiger partial charge in [-0.2, -0.15) is 0 Å². The molecule has 1 aromatic carbocycles. The standard InChI is InChI=1S/C15H19NO4/c17-14(16-10-12-5-3-9-20-12)8-7-11-4-1-2-6-13(11)15(18)19/h1-2,4,6,12H,3,5,7-10H2,(H,16,17)(H,18,19). The van der Waals surface area contributed by atoms with E-state index in [-0.39, 0.29) is 24.0 Å². The highest BCUT2D eigenvalue weighted by atomic mass is 16.5. The summed E-state index contributed by atoms with van der Waals surface area (Å²) in [4.78, 5) is 22.8. The van der Waals surface area contributed by atoms with E-state index in [0.29, 0.717) is 18.5 Å². The molecule has 1 aliphatic rings. The third kappa shape index (κ3) is 4.06. The Balaban J connectivity index is 1.79. The number of rotatable bonds is 6. The summed E-state index contributed by atoms with van der Waals surface area (Å²) in [6.07, 6.45) is 2.89. The van der Waals surface area contributed by atoms with Gasteiger partial charge in [0.05, 0.1) is 11.7 Å². The number of nitrogens with one attached hydrogen (secondary N) is 1. The lowest BCUT2D eigenvalue weighted by atomic mass is 10.0. The molecule has 20 heavy (non-hydrogen) atoms. The second-order valence-electron chi connectivity index (χ2n) is 4.90. The van der Waals surface area contributed by atoms with Crippen LogP contribution in [-0.2, 0) is 16.0 Å². The Bertz CT molecular complexity index is 481. The molecule has 1 fully saturated rings. The van der Waals surface area contributed by atoms with Gasteiger partial charge in [-0.3, -0.25) is 4.79 Å². The molecule has 2 rings (SSSR count). The summed E-state index contributed by atoms with van der Waals surface area (Å²) in [5.41, 5.74) is 0.951. The Morgan fingerprint density at radius 3 is 2.85 bits per heavy atom. The van der Waals surface area contributed by atoms with E-state index in [0.717, 1.165) is 19.4 Å². The van der Waals surface area contributed by atoms with E-state index in [1.54, 1.807) is 24.3 Å². The maximum atomic E-state index is 11.7.